The summed E-state index contributed by atoms with van der Waals surface area (Å²) in [5, 5.41) is 9.01. The van der Waals surface area contributed by atoms with Crippen molar-refractivity contribution >= 4 is 5.97 Å². The highest BCUT2D eigenvalue weighted by Crippen LogP contribution is 2.59. The number of hydrogen-bond donors (Lipinski definition) is 1. The molecule has 5 heteroatoms. The maximum absolute atomic E-state index is 12.1. The maximum atomic E-state index is 12.1. The summed E-state index contributed by atoms with van der Waals surface area (Å²) in [5.74, 6) is 5.65. The first-order valence-electron chi connectivity index (χ1n) is 17.8. The van der Waals surface area contributed by atoms with Gasteiger partial charge in [0.2, 0.25) is 0 Å². The number of phenolic OH excluding ortho intramolecular Hbond substituents is 1. The van der Waals surface area contributed by atoms with E-state index < -0.39 is 0 Å². The van der Waals surface area contributed by atoms with Crippen molar-refractivity contribution < 1.29 is 24.1 Å². The molecule has 4 aliphatic carbocycles. The van der Waals surface area contributed by atoms with Crippen LogP contribution < -0.4 is 4.74 Å². The predicted octanol–water partition coefficient (Wildman–Crippen LogP) is 10.7. The second-order valence-electron chi connectivity index (χ2n) is 14.1. The second-order valence-corrected chi connectivity index (χ2v) is 14.1. The van der Waals surface area contributed by atoms with E-state index in [-0.39, 0.29) is 23.8 Å². The van der Waals surface area contributed by atoms with Crippen molar-refractivity contribution in [1.29, 1.82) is 0 Å². The van der Waals surface area contributed by atoms with Crippen molar-refractivity contribution in [2.75, 3.05) is 6.61 Å². The number of hydrogen-bond acceptors (Lipinski definition) is 5. The first kappa shape index (κ1) is 36.9. The Balaban J connectivity index is 0.000000190. The molecule has 2 aromatic carbocycles. The molecule has 4 saturated carbocycles. The van der Waals surface area contributed by atoms with Crippen molar-refractivity contribution in [3.05, 3.63) is 59.7 Å². The number of carbonyl (C=O) groups is 1. The minimum Gasteiger partial charge on any atom is -0.508 e. The molecule has 0 saturated heterocycles. The molecule has 0 aromatic heterocycles. The van der Waals surface area contributed by atoms with E-state index in [9.17, 15) is 4.79 Å². The van der Waals surface area contributed by atoms with Gasteiger partial charge in [-0.3, -0.25) is 4.79 Å². The Kier molecular flexibility index (Phi) is 14.3. The molecule has 2 aromatic rings. The van der Waals surface area contributed by atoms with Crippen molar-refractivity contribution in [3.63, 3.8) is 0 Å². The van der Waals surface area contributed by atoms with Crippen molar-refractivity contribution in [3.8, 4) is 11.5 Å². The summed E-state index contributed by atoms with van der Waals surface area (Å²) in [5.41, 5.74) is 2.51. The number of esters is 1. The topological polar surface area (TPSA) is 65.0 Å². The fourth-order valence-electron chi connectivity index (χ4n) is 7.38. The fourth-order valence-corrected chi connectivity index (χ4v) is 7.38. The van der Waals surface area contributed by atoms with Gasteiger partial charge < -0.3 is 19.3 Å². The third-order valence-corrected chi connectivity index (χ3v) is 10.9. The summed E-state index contributed by atoms with van der Waals surface area (Å²) in [7, 11) is 0. The molecule has 0 spiro atoms. The largest absolute Gasteiger partial charge is 0.508 e. The summed E-state index contributed by atoms with van der Waals surface area (Å²) in [6, 6.07) is 15.7. The summed E-state index contributed by atoms with van der Waals surface area (Å²) < 4.78 is 17.0. The molecule has 0 aliphatic heterocycles. The van der Waals surface area contributed by atoms with Gasteiger partial charge in [0.25, 0.3) is 0 Å². The summed E-state index contributed by atoms with van der Waals surface area (Å²) in [6.07, 6.45) is 9.67. The first-order valence-corrected chi connectivity index (χ1v) is 17.8. The number of carbonyl (C=O) groups excluding carboxylic acids is 1. The third kappa shape index (κ3) is 10.2. The van der Waals surface area contributed by atoms with Gasteiger partial charge in [-0.1, -0.05) is 65.8 Å². The van der Waals surface area contributed by atoms with Crippen molar-refractivity contribution in [1.82, 2.24) is 0 Å². The van der Waals surface area contributed by atoms with Gasteiger partial charge in [-0.25, -0.2) is 0 Å². The molecule has 0 heterocycles. The smallest absolute Gasteiger partial charge is 0.309 e. The summed E-state index contributed by atoms with van der Waals surface area (Å²) >= 11 is 0. The van der Waals surface area contributed by atoms with Gasteiger partial charge in [-0.2, -0.15) is 0 Å². The molecule has 6 rings (SSSR count). The second kappa shape index (κ2) is 17.4. The Morgan fingerprint density at radius 2 is 1.22 bits per heavy atom. The molecule has 0 radical (unpaired) electrons. The number of benzene rings is 2. The Morgan fingerprint density at radius 3 is 1.64 bits per heavy atom. The van der Waals surface area contributed by atoms with Gasteiger partial charge in [-0.15, -0.1) is 0 Å². The minimum absolute atomic E-state index is 0.0347. The zero-order chi connectivity index (χ0) is 33.1. The van der Waals surface area contributed by atoms with E-state index in [1.165, 1.54) is 43.2 Å². The van der Waals surface area contributed by atoms with Crippen LogP contribution in [0.15, 0.2) is 48.5 Å². The molecule has 0 amide bonds. The molecular formula is C40H62O5. The van der Waals surface area contributed by atoms with Crippen LogP contribution in [0.4, 0.5) is 0 Å². The van der Waals surface area contributed by atoms with Gasteiger partial charge in [0.05, 0.1) is 5.92 Å². The molecule has 5 nitrogen and oxygen atoms in total. The maximum Gasteiger partial charge on any atom is 0.309 e. The molecular weight excluding hydrogens is 560 g/mol. The first-order chi connectivity index (χ1) is 21.4. The van der Waals surface area contributed by atoms with Crippen LogP contribution in [0, 0.1) is 29.6 Å². The van der Waals surface area contributed by atoms with E-state index in [4.69, 9.17) is 19.3 Å². The third-order valence-electron chi connectivity index (χ3n) is 10.9. The molecule has 4 aliphatic rings. The average molecular weight is 623 g/mol. The summed E-state index contributed by atoms with van der Waals surface area (Å²) in [6.45, 7) is 19.6. The SMILES string of the molecule is CCC(C)C(=O)OC1(C)C2CC3CC(C2)CC1C3.CCC(C)c1ccc(O)cc1.CCOC(C)Oc1ccc(C(C)CC)cc1. The molecule has 4 fully saturated rings. The predicted molar refractivity (Wildman–Crippen MR) is 185 cm³/mol. The Bertz CT molecular complexity index is 1110. The van der Waals surface area contributed by atoms with Gasteiger partial charge in [-0.05, 0) is 143 Å². The van der Waals surface area contributed by atoms with Crippen LogP contribution in [0.25, 0.3) is 0 Å². The van der Waals surface area contributed by atoms with Crippen molar-refractivity contribution in [2.45, 2.75) is 137 Å². The lowest BCUT2D eigenvalue weighted by molar-refractivity contribution is -0.206. The highest BCUT2D eigenvalue weighted by Gasteiger charge is 2.57. The van der Waals surface area contributed by atoms with E-state index in [1.807, 2.05) is 45.0 Å². The lowest BCUT2D eigenvalue weighted by Crippen LogP contribution is -2.58. The quantitative estimate of drug-likeness (QED) is 0.199. The van der Waals surface area contributed by atoms with Crippen LogP contribution in [0.1, 0.15) is 137 Å². The van der Waals surface area contributed by atoms with E-state index in [0.29, 0.717) is 36.0 Å². The average Bonchev–Trinajstić information content (AvgIpc) is 3.03. The Morgan fingerprint density at radius 1 is 0.756 bits per heavy atom. The van der Waals surface area contributed by atoms with Gasteiger partial charge in [0.15, 0.2) is 6.29 Å². The van der Waals surface area contributed by atoms with Gasteiger partial charge in [0.1, 0.15) is 17.1 Å². The van der Waals surface area contributed by atoms with E-state index >= 15 is 0 Å². The van der Waals surface area contributed by atoms with Gasteiger partial charge in [0, 0.05) is 6.61 Å². The molecule has 252 valence electrons. The van der Waals surface area contributed by atoms with E-state index in [1.54, 1.807) is 12.1 Å². The Hall–Kier alpha value is -2.53. The van der Waals surface area contributed by atoms with Crippen LogP contribution >= 0.6 is 0 Å². The van der Waals surface area contributed by atoms with E-state index in [0.717, 1.165) is 36.8 Å². The Labute approximate surface area is 274 Å². The molecule has 1 N–H and O–H groups in total. The van der Waals surface area contributed by atoms with Crippen molar-refractivity contribution in [2.24, 2.45) is 29.6 Å². The van der Waals surface area contributed by atoms with Crippen LogP contribution in [0.3, 0.4) is 0 Å². The number of phenols is 1. The standard InChI is InChI=1S/C16H26O2.C14H22O2.C10H14O/c1-4-10(2)15(17)18-16(3)13-6-11-5-12(8-13)9-14(16)7-11;1-5-11(3)13-7-9-14(10-8-13)16-12(4)15-6-2;1-3-8(2)9-4-6-10(11)7-5-9/h10-14H,4-9H2,1-3H3;7-12H,5-6H2,1-4H3;4-8,11H,3H2,1-2H3. The van der Waals surface area contributed by atoms with Crippen LogP contribution in [-0.2, 0) is 14.3 Å². The molecule has 4 atom stereocenters. The zero-order valence-electron chi connectivity index (χ0n) is 29.7. The highest BCUT2D eigenvalue weighted by atomic mass is 16.7. The highest BCUT2D eigenvalue weighted by molar-refractivity contribution is 5.72. The number of rotatable bonds is 11. The number of ether oxygens (including phenoxy) is 3. The van der Waals surface area contributed by atoms with Crippen LogP contribution in [-0.4, -0.2) is 29.6 Å². The van der Waals surface area contributed by atoms with E-state index in [2.05, 4.69) is 53.7 Å². The zero-order valence-corrected chi connectivity index (χ0v) is 29.7. The minimum atomic E-state index is -0.181. The van der Waals surface area contributed by atoms with Crippen LogP contribution in [0.5, 0.6) is 11.5 Å². The van der Waals surface area contributed by atoms with Crippen LogP contribution in [0.2, 0.25) is 0 Å². The summed E-state index contributed by atoms with van der Waals surface area (Å²) in [4.78, 5) is 12.1. The lowest BCUT2D eigenvalue weighted by atomic mass is 9.50. The lowest BCUT2D eigenvalue weighted by Gasteiger charge is -2.59. The molecule has 4 bridgehead atoms. The molecule has 45 heavy (non-hydrogen) atoms. The fraction of sp³-hybridized carbons (Fsp3) is 0.675. The molecule has 4 unspecified atom stereocenters. The van der Waals surface area contributed by atoms with Gasteiger partial charge >= 0.3 is 5.97 Å². The normalized spacial score (nSPS) is 27.1. The monoisotopic (exact) mass is 622 g/mol. The number of aromatic hydroxyl groups is 1.